The molecule has 17 nitrogen and oxygen atoms in total. The maximum Gasteiger partial charge on any atom is 0.472 e. The number of hydrogen-bond donors (Lipinski definition) is 3. The average Bonchev–Trinajstić information content (AvgIpc) is 1.58. The molecule has 0 aromatic carbocycles. The number of hydrogen-bond acceptors (Lipinski definition) is 15. The van der Waals surface area contributed by atoms with Crippen LogP contribution in [0.4, 0.5) is 0 Å². The van der Waals surface area contributed by atoms with Gasteiger partial charge in [0.15, 0.2) is 12.2 Å². The molecule has 0 aliphatic carbocycles. The topological polar surface area (TPSA) is 237 Å². The summed E-state index contributed by atoms with van der Waals surface area (Å²) in [6.07, 6.45) is 57.0. The van der Waals surface area contributed by atoms with Gasteiger partial charge in [-0.2, -0.15) is 0 Å². The molecule has 0 radical (unpaired) electrons. The van der Waals surface area contributed by atoms with Crippen LogP contribution in [0.1, 0.15) is 401 Å². The van der Waals surface area contributed by atoms with Gasteiger partial charge in [-0.25, -0.2) is 9.13 Å². The first-order chi connectivity index (χ1) is 46.4. The van der Waals surface area contributed by atoms with Crippen molar-refractivity contribution in [2.24, 2.45) is 11.8 Å². The number of aliphatic hydroxyl groups is 1. The Balaban J connectivity index is 5.18. The summed E-state index contributed by atoms with van der Waals surface area (Å²) in [5.41, 5.74) is 0. The molecule has 0 aliphatic rings. The molecule has 3 N–H and O–H groups in total. The van der Waals surface area contributed by atoms with Crippen molar-refractivity contribution in [1.29, 1.82) is 0 Å². The van der Waals surface area contributed by atoms with E-state index in [4.69, 9.17) is 37.0 Å². The lowest BCUT2D eigenvalue weighted by Gasteiger charge is -2.21. The third-order valence-electron chi connectivity index (χ3n) is 18.7. The van der Waals surface area contributed by atoms with Crippen LogP contribution in [0, 0.1) is 11.8 Å². The molecule has 0 aromatic rings. The van der Waals surface area contributed by atoms with Crippen LogP contribution in [0.2, 0.25) is 0 Å². The smallest absolute Gasteiger partial charge is 0.462 e. The number of carbonyl (C=O) groups excluding carboxylic acids is 4. The Morgan fingerprint density at radius 1 is 0.292 bits per heavy atom. The van der Waals surface area contributed by atoms with E-state index in [0.717, 1.165) is 102 Å². The van der Waals surface area contributed by atoms with Crippen LogP contribution < -0.4 is 0 Å². The third-order valence-corrected chi connectivity index (χ3v) is 20.6. The Kier molecular flexibility index (Phi) is 67.4. The highest BCUT2D eigenvalue weighted by Crippen LogP contribution is 2.45. The van der Waals surface area contributed by atoms with Crippen LogP contribution in [0.5, 0.6) is 0 Å². The summed E-state index contributed by atoms with van der Waals surface area (Å²) in [5.74, 6) is -0.590. The minimum atomic E-state index is -4.96. The van der Waals surface area contributed by atoms with Gasteiger partial charge >= 0.3 is 39.5 Å². The van der Waals surface area contributed by atoms with Crippen molar-refractivity contribution in [3.63, 3.8) is 0 Å². The van der Waals surface area contributed by atoms with Crippen LogP contribution in [0.25, 0.3) is 0 Å². The molecule has 0 amide bonds. The van der Waals surface area contributed by atoms with E-state index < -0.39 is 97.5 Å². The molecular weight excluding hydrogens is 1260 g/mol. The molecule has 0 bridgehead atoms. The first-order valence-electron chi connectivity index (χ1n) is 40.1. The van der Waals surface area contributed by atoms with E-state index in [1.165, 1.54) is 218 Å². The van der Waals surface area contributed by atoms with E-state index >= 15 is 0 Å². The second-order valence-electron chi connectivity index (χ2n) is 28.2. The Bertz CT molecular complexity index is 1860. The van der Waals surface area contributed by atoms with Crippen molar-refractivity contribution < 1.29 is 80.2 Å². The van der Waals surface area contributed by atoms with Crippen LogP contribution in [0.15, 0.2) is 0 Å². The Morgan fingerprint density at radius 3 is 0.740 bits per heavy atom. The number of unbranched alkanes of at least 4 members (excludes halogenated alkanes) is 44. The normalized spacial score (nSPS) is 14.6. The maximum atomic E-state index is 13.1. The number of carbonyl (C=O) groups is 4. The van der Waals surface area contributed by atoms with E-state index in [1.807, 2.05) is 0 Å². The number of rotatable bonds is 76. The molecule has 0 rings (SSSR count). The molecule has 4 unspecified atom stereocenters. The summed E-state index contributed by atoms with van der Waals surface area (Å²) < 4.78 is 68.5. The van der Waals surface area contributed by atoms with Crippen LogP contribution in [0.3, 0.4) is 0 Å². The van der Waals surface area contributed by atoms with Gasteiger partial charge in [0.25, 0.3) is 0 Å². The third kappa shape index (κ3) is 67.9. The van der Waals surface area contributed by atoms with Crippen molar-refractivity contribution >= 4 is 39.5 Å². The first kappa shape index (κ1) is 94.1. The maximum absolute atomic E-state index is 13.1. The van der Waals surface area contributed by atoms with Gasteiger partial charge in [0.05, 0.1) is 26.4 Å². The molecular formula is C77H150O17P2. The lowest BCUT2D eigenvalue weighted by Crippen LogP contribution is -2.30. The molecule has 0 spiro atoms. The molecule has 96 heavy (non-hydrogen) atoms. The van der Waals surface area contributed by atoms with Crippen LogP contribution >= 0.6 is 15.6 Å². The fourth-order valence-corrected chi connectivity index (χ4v) is 13.3. The van der Waals surface area contributed by atoms with Gasteiger partial charge in [-0.1, -0.05) is 350 Å². The highest BCUT2D eigenvalue weighted by atomic mass is 31.2. The van der Waals surface area contributed by atoms with Crippen molar-refractivity contribution in [2.45, 2.75) is 419 Å². The van der Waals surface area contributed by atoms with Crippen LogP contribution in [-0.4, -0.2) is 96.7 Å². The minimum Gasteiger partial charge on any atom is -0.462 e. The fraction of sp³-hybridized carbons (Fsp3) is 0.948. The number of aliphatic hydroxyl groups excluding tert-OH is 1. The van der Waals surface area contributed by atoms with Gasteiger partial charge in [0.1, 0.15) is 19.3 Å². The predicted octanol–water partition coefficient (Wildman–Crippen LogP) is 22.7. The van der Waals surface area contributed by atoms with Crippen LogP contribution in [-0.2, 0) is 65.4 Å². The van der Waals surface area contributed by atoms with Gasteiger partial charge in [-0.3, -0.25) is 37.3 Å². The zero-order valence-corrected chi connectivity index (χ0v) is 64.5. The summed E-state index contributed by atoms with van der Waals surface area (Å²) in [5, 5.41) is 10.6. The van der Waals surface area contributed by atoms with Crippen molar-refractivity contribution in [3.05, 3.63) is 0 Å². The van der Waals surface area contributed by atoms with E-state index in [-0.39, 0.29) is 25.7 Å². The second kappa shape index (κ2) is 68.8. The lowest BCUT2D eigenvalue weighted by atomic mass is 9.99. The number of phosphoric ester groups is 2. The lowest BCUT2D eigenvalue weighted by molar-refractivity contribution is -0.161. The average molecular weight is 1410 g/mol. The Labute approximate surface area is 588 Å². The highest BCUT2D eigenvalue weighted by molar-refractivity contribution is 7.47. The van der Waals surface area contributed by atoms with E-state index in [0.29, 0.717) is 25.7 Å². The largest absolute Gasteiger partial charge is 0.472 e. The first-order valence-corrected chi connectivity index (χ1v) is 43.1. The number of ether oxygens (including phenoxy) is 4. The van der Waals surface area contributed by atoms with E-state index in [2.05, 4.69) is 41.5 Å². The van der Waals surface area contributed by atoms with Crippen molar-refractivity contribution in [1.82, 2.24) is 0 Å². The summed E-state index contributed by atoms with van der Waals surface area (Å²) in [7, 11) is -9.91. The van der Waals surface area contributed by atoms with Gasteiger partial charge in [0, 0.05) is 25.7 Å². The van der Waals surface area contributed by atoms with Crippen molar-refractivity contribution in [3.8, 4) is 0 Å². The number of esters is 4. The molecule has 0 aliphatic heterocycles. The summed E-state index contributed by atoms with van der Waals surface area (Å²) in [6.45, 7) is 9.56. The summed E-state index contributed by atoms with van der Waals surface area (Å²) in [6, 6.07) is 0. The Hall–Kier alpha value is -1.94. The van der Waals surface area contributed by atoms with Gasteiger partial charge in [0.2, 0.25) is 0 Å². The summed E-state index contributed by atoms with van der Waals surface area (Å²) >= 11 is 0. The molecule has 19 heteroatoms. The van der Waals surface area contributed by atoms with Gasteiger partial charge in [-0.15, -0.1) is 0 Å². The SMILES string of the molecule is CCCCCCCCCCCCCCCCCCCCCCCCC(=O)O[C@H](COC(=O)CCCCCCCCCCCCC(C)CC)COP(=O)(O)OC[C@@H](O)COP(=O)(O)OC[C@@H](COC(=O)CCCCCCCCCCCC)OC(=O)CCCCCCCCC(C)CC. The second-order valence-corrected chi connectivity index (χ2v) is 31.1. The molecule has 0 saturated carbocycles. The zero-order valence-electron chi connectivity index (χ0n) is 62.7. The summed E-state index contributed by atoms with van der Waals surface area (Å²) in [4.78, 5) is 72.8. The highest BCUT2D eigenvalue weighted by Gasteiger charge is 2.30. The molecule has 0 fully saturated rings. The molecule has 570 valence electrons. The molecule has 0 heterocycles. The number of phosphoric acid groups is 2. The zero-order chi connectivity index (χ0) is 70.7. The van der Waals surface area contributed by atoms with Gasteiger partial charge in [-0.05, 0) is 37.5 Å². The standard InChI is InChI=1S/C77H150O17P2/c1-7-11-13-15-17-19-21-22-23-24-25-26-27-28-29-30-31-32-38-42-49-55-61-76(81)93-72(65-87-75(80)60-54-48-41-37-34-33-35-39-45-51-57-69(5)9-3)67-91-95(83,84)89-63-71(78)64-90-96(85,86)92-68-73(94-77(82)62-56-50-44-43-46-52-58-70(6)10-4)66-88-74(79)59-53-47-40-36-20-18-16-14-12-8-2/h69-73,78H,7-68H2,1-6H3,(H,83,84)(H,85,86)/t69?,70?,71-,72-,73-/m1/s1. The van der Waals surface area contributed by atoms with Gasteiger partial charge < -0.3 is 33.8 Å². The molecule has 7 atom stereocenters. The van der Waals surface area contributed by atoms with Crippen molar-refractivity contribution in [2.75, 3.05) is 39.6 Å². The predicted molar refractivity (Wildman–Crippen MR) is 391 cm³/mol. The van der Waals surface area contributed by atoms with E-state index in [9.17, 15) is 43.2 Å². The molecule has 0 saturated heterocycles. The molecule has 0 aromatic heterocycles. The monoisotopic (exact) mass is 1410 g/mol. The minimum absolute atomic E-state index is 0.103. The fourth-order valence-electron chi connectivity index (χ4n) is 11.8. The Morgan fingerprint density at radius 2 is 0.500 bits per heavy atom. The quantitative estimate of drug-likeness (QED) is 0.0222. The van der Waals surface area contributed by atoms with E-state index in [1.54, 1.807) is 0 Å².